The van der Waals surface area contributed by atoms with Gasteiger partial charge in [0.15, 0.2) is 5.78 Å². The molecule has 2 aromatic carbocycles. The second kappa shape index (κ2) is 6.88. The van der Waals surface area contributed by atoms with Crippen molar-refractivity contribution in [1.82, 2.24) is 0 Å². The molecule has 1 nitrogen and oxygen atoms in total. The maximum atomic E-state index is 12.4. The van der Waals surface area contributed by atoms with Gasteiger partial charge in [-0.2, -0.15) is 0 Å². The summed E-state index contributed by atoms with van der Waals surface area (Å²) in [6.45, 7) is 0. The fourth-order valence-corrected chi connectivity index (χ4v) is 3.76. The van der Waals surface area contributed by atoms with Gasteiger partial charge in [-0.05, 0) is 45.9 Å². The van der Waals surface area contributed by atoms with Crippen molar-refractivity contribution in [2.45, 2.75) is 0 Å². The summed E-state index contributed by atoms with van der Waals surface area (Å²) in [7, 11) is 0. The Labute approximate surface area is 151 Å². The van der Waals surface area contributed by atoms with Gasteiger partial charge in [0.25, 0.3) is 0 Å². The summed E-state index contributed by atoms with van der Waals surface area (Å²) in [5.74, 6) is 0.0496. The fraction of sp³-hybridized carbons (Fsp3) is 0. The summed E-state index contributed by atoms with van der Waals surface area (Å²) in [5.41, 5.74) is 5.09. The summed E-state index contributed by atoms with van der Waals surface area (Å²) in [4.78, 5) is 13.6. The lowest BCUT2D eigenvalue weighted by atomic mass is 9.90. The van der Waals surface area contributed by atoms with Crippen LogP contribution in [0, 0.1) is 0 Å². The molecule has 1 aliphatic rings. The van der Waals surface area contributed by atoms with Gasteiger partial charge in [-0.15, -0.1) is 11.3 Å². The number of rotatable bonds is 3. The highest BCUT2D eigenvalue weighted by Crippen LogP contribution is 2.30. The van der Waals surface area contributed by atoms with Crippen LogP contribution >= 0.6 is 11.3 Å². The van der Waals surface area contributed by atoms with Crippen LogP contribution in [0.3, 0.4) is 0 Å². The van der Waals surface area contributed by atoms with Crippen LogP contribution in [0.2, 0.25) is 0 Å². The molecule has 1 heterocycles. The summed E-state index contributed by atoms with van der Waals surface area (Å²) < 4.78 is 0. The second-order valence-corrected chi connectivity index (χ2v) is 6.74. The molecule has 120 valence electrons. The van der Waals surface area contributed by atoms with Gasteiger partial charge in [-0.3, -0.25) is 4.79 Å². The molecule has 4 rings (SSSR count). The second-order valence-electron chi connectivity index (χ2n) is 5.79. The van der Waals surface area contributed by atoms with Gasteiger partial charge in [0.2, 0.25) is 0 Å². The smallest absolute Gasteiger partial charge is 0.186 e. The van der Waals surface area contributed by atoms with E-state index in [1.807, 2.05) is 60.7 Å². The van der Waals surface area contributed by atoms with Gasteiger partial charge < -0.3 is 0 Å². The monoisotopic (exact) mass is 340 g/mol. The van der Waals surface area contributed by atoms with Crippen molar-refractivity contribution in [2.75, 3.05) is 0 Å². The topological polar surface area (TPSA) is 17.1 Å². The van der Waals surface area contributed by atoms with Gasteiger partial charge in [0, 0.05) is 10.5 Å². The van der Waals surface area contributed by atoms with Gasteiger partial charge in [0.1, 0.15) is 0 Å². The zero-order chi connectivity index (χ0) is 17.1. The molecule has 0 N–H and O–H groups in total. The van der Waals surface area contributed by atoms with Crippen LogP contribution in [0.4, 0.5) is 0 Å². The van der Waals surface area contributed by atoms with Crippen LogP contribution in [0.15, 0.2) is 90.3 Å². The molecule has 0 bridgehead atoms. The third-order valence-electron chi connectivity index (χ3n) is 4.22. The summed E-state index contributed by atoms with van der Waals surface area (Å²) in [5, 5.41) is 2.07. The fourth-order valence-electron chi connectivity index (χ4n) is 2.98. The van der Waals surface area contributed by atoms with E-state index in [1.54, 1.807) is 17.4 Å². The van der Waals surface area contributed by atoms with E-state index >= 15 is 0 Å². The lowest BCUT2D eigenvalue weighted by Crippen LogP contribution is -2.04. The number of ketones is 1. The number of hydrogen-bond acceptors (Lipinski definition) is 2. The van der Waals surface area contributed by atoms with Crippen LogP contribution in [0.5, 0.6) is 0 Å². The predicted octanol–water partition coefficient (Wildman–Crippen LogP) is 5.86. The Morgan fingerprint density at radius 2 is 1.64 bits per heavy atom. The number of thiophene rings is 1. The van der Waals surface area contributed by atoms with Crippen molar-refractivity contribution < 1.29 is 4.79 Å². The predicted molar refractivity (Wildman–Crippen MR) is 106 cm³/mol. The number of carbonyl (C=O) groups excluding carboxylic acids is 1. The molecule has 1 aromatic heterocycles. The standard InChI is InChI=1S/C23H16OS/c24-22-15-12-18-9-4-5-10-19(18)21(22)14-13-20(23-11-6-16-25-23)17-7-2-1-3-8-17/h1-16H/b20-13+,21-14-. The summed E-state index contributed by atoms with van der Waals surface area (Å²) in [6.07, 6.45) is 7.54. The lowest BCUT2D eigenvalue weighted by Gasteiger charge is -2.12. The molecular weight excluding hydrogens is 324 g/mol. The third-order valence-corrected chi connectivity index (χ3v) is 5.12. The highest BCUT2D eigenvalue weighted by atomic mass is 32.1. The normalized spacial score (nSPS) is 15.4. The van der Waals surface area contributed by atoms with Crippen LogP contribution in [0.1, 0.15) is 21.6 Å². The first-order chi connectivity index (χ1) is 12.3. The number of fused-ring (bicyclic) bond motifs is 1. The number of allylic oxidation sites excluding steroid dienone is 4. The molecule has 3 aromatic rings. The van der Waals surface area contributed by atoms with E-state index < -0.39 is 0 Å². The first-order valence-corrected chi connectivity index (χ1v) is 9.04. The number of benzene rings is 2. The van der Waals surface area contributed by atoms with Crippen LogP contribution in [0.25, 0.3) is 17.2 Å². The Morgan fingerprint density at radius 3 is 2.44 bits per heavy atom. The molecule has 0 amide bonds. The van der Waals surface area contributed by atoms with Gasteiger partial charge in [-0.1, -0.05) is 72.8 Å². The minimum Gasteiger partial charge on any atom is -0.289 e. The zero-order valence-electron chi connectivity index (χ0n) is 13.6. The Bertz CT molecular complexity index is 990. The number of hydrogen-bond donors (Lipinski definition) is 0. The Balaban J connectivity index is 1.83. The number of carbonyl (C=O) groups is 1. The minimum absolute atomic E-state index is 0.0496. The Hall–Kier alpha value is -2.97. The first-order valence-electron chi connectivity index (χ1n) is 8.16. The van der Waals surface area contributed by atoms with E-state index in [9.17, 15) is 4.79 Å². The van der Waals surface area contributed by atoms with Crippen LogP contribution < -0.4 is 0 Å². The largest absolute Gasteiger partial charge is 0.289 e. The lowest BCUT2D eigenvalue weighted by molar-refractivity contribution is -0.109. The van der Waals surface area contributed by atoms with Crippen molar-refractivity contribution in [2.24, 2.45) is 0 Å². The molecule has 2 heteroatoms. The molecule has 0 atom stereocenters. The van der Waals surface area contributed by atoms with Gasteiger partial charge >= 0.3 is 0 Å². The quantitative estimate of drug-likeness (QED) is 0.546. The van der Waals surface area contributed by atoms with Crippen molar-refractivity contribution in [3.8, 4) is 0 Å². The van der Waals surface area contributed by atoms with Crippen molar-refractivity contribution in [3.05, 3.63) is 112 Å². The first kappa shape index (κ1) is 15.6. The van der Waals surface area contributed by atoms with Crippen molar-refractivity contribution >= 4 is 34.3 Å². The summed E-state index contributed by atoms with van der Waals surface area (Å²) in [6, 6.07) is 22.4. The molecule has 1 aliphatic carbocycles. The van der Waals surface area contributed by atoms with E-state index in [-0.39, 0.29) is 5.78 Å². The van der Waals surface area contributed by atoms with E-state index in [0.29, 0.717) is 0 Å². The molecule has 0 unspecified atom stereocenters. The molecule has 0 saturated heterocycles. The molecule has 0 aliphatic heterocycles. The average Bonchev–Trinajstić information content (AvgIpc) is 3.19. The molecule has 0 spiro atoms. The van der Waals surface area contributed by atoms with Crippen molar-refractivity contribution in [1.29, 1.82) is 0 Å². The molecule has 25 heavy (non-hydrogen) atoms. The van der Waals surface area contributed by atoms with Gasteiger partial charge in [-0.25, -0.2) is 0 Å². The zero-order valence-corrected chi connectivity index (χ0v) is 14.4. The third kappa shape index (κ3) is 3.17. The maximum Gasteiger partial charge on any atom is 0.186 e. The van der Waals surface area contributed by atoms with Gasteiger partial charge in [0.05, 0.1) is 0 Å². The SMILES string of the molecule is O=C1C=Cc2ccccc2/C1=C/C=C(\c1ccccc1)c1cccs1. The Morgan fingerprint density at radius 1 is 0.840 bits per heavy atom. The van der Waals surface area contributed by atoms with Crippen molar-refractivity contribution in [3.63, 3.8) is 0 Å². The molecule has 0 saturated carbocycles. The Kier molecular flexibility index (Phi) is 4.28. The van der Waals surface area contributed by atoms with E-state index in [0.717, 1.165) is 27.8 Å². The van der Waals surface area contributed by atoms with E-state index in [2.05, 4.69) is 29.7 Å². The van der Waals surface area contributed by atoms with E-state index in [4.69, 9.17) is 0 Å². The van der Waals surface area contributed by atoms with Crippen LogP contribution in [-0.2, 0) is 4.79 Å². The highest BCUT2D eigenvalue weighted by molar-refractivity contribution is 7.11. The average molecular weight is 340 g/mol. The van der Waals surface area contributed by atoms with E-state index in [1.165, 1.54) is 4.88 Å². The minimum atomic E-state index is 0.0496. The maximum absolute atomic E-state index is 12.4. The molecular formula is C23H16OS. The summed E-state index contributed by atoms with van der Waals surface area (Å²) >= 11 is 1.70. The van der Waals surface area contributed by atoms with Crippen LogP contribution in [-0.4, -0.2) is 5.78 Å². The highest BCUT2D eigenvalue weighted by Gasteiger charge is 2.16. The molecule has 0 radical (unpaired) electrons. The molecule has 0 fully saturated rings.